The zero-order valence-corrected chi connectivity index (χ0v) is 26.4. The van der Waals surface area contributed by atoms with E-state index in [1.807, 2.05) is 31.0 Å². The Balaban J connectivity index is 1.29. The van der Waals surface area contributed by atoms with Crippen molar-refractivity contribution in [3.63, 3.8) is 0 Å². The highest BCUT2D eigenvalue weighted by Gasteiger charge is 2.43. The minimum absolute atomic E-state index is 0.0277. The van der Waals surface area contributed by atoms with Crippen molar-refractivity contribution in [2.75, 3.05) is 38.0 Å². The molecule has 2 aromatic rings. The third-order valence-corrected chi connectivity index (χ3v) is 10.5. The summed E-state index contributed by atoms with van der Waals surface area (Å²) in [4.78, 5) is 45.8. The smallest absolute Gasteiger partial charge is 0.254 e. The van der Waals surface area contributed by atoms with Crippen LogP contribution in [0.15, 0.2) is 22.5 Å². The standard InChI is InChI=1S/C30H43N5O3S2/c1-18-12-22(13-24(19(18)2)28(38)35-10-8-34(9-11-35)21(4)36)17-39-26-16-32-29(40-26)33-27(37)25-14-23(25)15-31-20(3)30(5,6)7/h12-13,16,20,23,25,31H,8-11,14-15,17H2,1-7H3,(H,32,33,37). The molecule has 40 heavy (non-hydrogen) atoms. The van der Waals surface area contributed by atoms with Gasteiger partial charge in [0.15, 0.2) is 5.13 Å². The first-order valence-corrected chi connectivity index (χ1v) is 15.9. The minimum Gasteiger partial charge on any atom is -0.339 e. The van der Waals surface area contributed by atoms with Crippen LogP contribution in [-0.4, -0.2) is 71.3 Å². The molecule has 1 aromatic carbocycles. The Hall–Kier alpha value is -2.43. The van der Waals surface area contributed by atoms with Crippen molar-refractivity contribution < 1.29 is 14.4 Å². The first-order valence-electron chi connectivity index (χ1n) is 14.1. The molecule has 2 aliphatic rings. The van der Waals surface area contributed by atoms with E-state index < -0.39 is 0 Å². The molecule has 2 N–H and O–H groups in total. The van der Waals surface area contributed by atoms with Gasteiger partial charge in [-0.1, -0.05) is 38.2 Å². The Morgan fingerprint density at radius 2 is 1.80 bits per heavy atom. The summed E-state index contributed by atoms with van der Waals surface area (Å²) >= 11 is 3.15. The van der Waals surface area contributed by atoms with Crippen LogP contribution in [0.4, 0.5) is 5.13 Å². The van der Waals surface area contributed by atoms with Crippen molar-refractivity contribution in [2.45, 2.75) is 70.9 Å². The summed E-state index contributed by atoms with van der Waals surface area (Å²) in [7, 11) is 0. The Labute approximate surface area is 246 Å². The predicted molar refractivity (Wildman–Crippen MR) is 163 cm³/mol. The molecule has 218 valence electrons. The van der Waals surface area contributed by atoms with Crippen LogP contribution in [0.25, 0.3) is 0 Å². The maximum Gasteiger partial charge on any atom is 0.254 e. The molecule has 0 spiro atoms. The molecule has 3 unspecified atom stereocenters. The van der Waals surface area contributed by atoms with Gasteiger partial charge in [-0.05, 0) is 67.8 Å². The number of carbonyl (C=O) groups excluding carboxylic acids is 3. The number of thioether (sulfide) groups is 1. The highest BCUT2D eigenvalue weighted by atomic mass is 32.2. The van der Waals surface area contributed by atoms with Crippen LogP contribution in [0, 0.1) is 31.1 Å². The van der Waals surface area contributed by atoms with Gasteiger partial charge in [-0.3, -0.25) is 14.4 Å². The molecular formula is C30H43N5O3S2. The van der Waals surface area contributed by atoms with E-state index in [4.69, 9.17) is 0 Å². The first-order chi connectivity index (χ1) is 18.8. The largest absolute Gasteiger partial charge is 0.339 e. The number of hydrogen-bond acceptors (Lipinski definition) is 7. The zero-order valence-electron chi connectivity index (χ0n) is 24.8. The number of thiazole rings is 1. The topological polar surface area (TPSA) is 94.6 Å². The fourth-order valence-corrected chi connectivity index (χ4v) is 6.60. The number of benzene rings is 1. The molecule has 0 bridgehead atoms. The van der Waals surface area contributed by atoms with Gasteiger partial charge in [-0.2, -0.15) is 0 Å². The Bertz CT molecular complexity index is 1250. The van der Waals surface area contributed by atoms with E-state index in [1.165, 1.54) is 11.3 Å². The summed E-state index contributed by atoms with van der Waals surface area (Å²) in [6.07, 6.45) is 2.73. The molecule has 10 heteroatoms. The van der Waals surface area contributed by atoms with Crippen LogP contribution < -0.4 is 10.6 Å². The maximum atomic E-state index is 13.3. The summed E-state index contributed by atoms with van der Waals surface area (Å²) in [5.41, 5.74) is 4.09. The van der Waals surface area contributed by atoms with Crippen LogP contribution in [0.5, 0.6) is 0 Å². The van der Waals surface area contributed by atoms with Crippen LogP contribution in [0.1, 0.15) is 68.1 Å². The predicted octanol–water partition coefficient (Wildman–Crippen LogP) is 4.96. The summed E-state index contributed by atoms with van der Waals surface area (Å²) in [6, 6.07) is 4.53. The van der Waals surface area contributed by atoms with Crippen molar-refractivity contribution in [3.8, 4) is 0 Å². The van der Waals surface area contributed by atoms with Crippen LogP contribution >= 0.6 is 23.1 Å². The Kier molecular flexibility index (Phi) is 9.62. The molecule has 1 aliphatic heterocycles. The lowest BCUT2D eigenvalue weighted by molar-refractivity contribution is -0.130. The monoisotopic (exact) mass is 585 g/mol. The molecule has 3 atom stereocenters. The van der Waals surface area contributed by atoms with E-state index in [0.717, 1.165) is 39.4 Å². The van der Waals surface area contributed by atoms with Gasteiger partial charge in [-0.25, -0.2) is 4.98 Å². The number of aryl methyl sites for hydroxylation is 1. The third kappa shape index (κ3) is 7.64. The number of nitrogens with zero attached hydrogens (tertiary/aromatic N) is 3. The molecule has 2 heterocycles. The zero-order chi connectivity index (χ0) is 29.2. The van der Waals surface area contributed by atoms with E-state index in [0.29, 0.717) is 49.0 Å². The highest BCUT2D eigenvalue weighted by molar-refractivity contribution is 8.00. The second kappa shape index (κ2) is 12.6. The van der Waals surface area contributed by atoms with Crippen LogP contribution in [-0.2, 0) is 15.3 Å². The van der Waals surface area contributed by atoms with Crippen molar-refractivity contribution in [1.82, 2.24) is 20.1 Å². The molecule has 3 amide bonds. The molecule has 1 saturated heterocycles. The number of amides is 3. The van der Waals surface area contributed by atoms with E-state index in [9.17, 15) is 14.4 Å². The summed E-state index contributed by atoms with van der Waals surface area (Å²) < 4.78 is 1.02. The lowest BCUT2D eigenvalue weighted by Gasteiger charge is -2.34. The number of carbonyl (C=O) groups is 3. The molecule has 8 nitrogen and oxygen atoms in total. The number of nitrogens with one attached hydrogen (secondary N) is 2. The van der Waals surface area contributed by atoms with Gasteiger partial charge in [0.25, 0.3) is 5.91 Å². The van der Waals surface area contributed by atoms with Crippen molar-refractivity contribution in [2.24, 2.45) is 17.3 Å². The van der Waals surface area contributed by atoms with E-state index in [1.54, 1.807) is 23.6 Å². The van der Waals surface area contributed by atoms with Gasteiger partial charge in [0.2, 0.25) is 11.8 Å². The fourth-order valence-electron chi connectivity index (χ4n) is 4.80. The molecule has 1 saturated carbocycles. The second-order valence-corrected chi connectivity index (χ2v) is 14.6. The summed E-state index contributed by atoms with van der Waals surface area (Å²) in [6.45, 7) is 17.6. The van der Waals surface area contributed by atoms with Gasteiger partial charge in [-0.15, -0.1) is 11.8 Å². The average molecular weight is 586 g/mol. The van der Waals surface area contributed by atoms with E-state index in [2.05, 4.69) is 49.4 Å². The van der Waals surface area contributed by atoms with Gasteiger partial charge < -0.3 is 20.4 Å². The lowest BCUT2D eigenvalue weighted by Crippen LogP contribution is -2.50. The third-order valence-electron chi connectivity index (χ3n) is 8.31. The number of piperazine rings is 1. The number of rotatable bonds is 9. The molecule has 2 fully saturated rings. The summed E-state index contributed by atoms with van der Waals surface area (Å²) in [5, 5.41) is 7.22. The van der Waals surface area contributed by atoms with Crippen molar-refractivity contribution in [1.29, 1.82) is 0 Å². The van der Waals surface area contributed by atoms with Gasteiger partial charge in [0.1, 0.15) is 0 Å². The van der Waals surface area contributed by atoms with Crippen LogP contribution in [0.3, 0.4) is 0 Å². The number of aromatic nitrogens is 1. The normalized spacial score (nSPS) is 19.9. The molecule has 0 radical (unpaired) electrons. The van der Waals surface area contributed by atoms with Crippen LogP contribution in [0.2, 0.25) is 0 Å². The first kappa shape index (κ1) is 30.5. The molecular weight excluding hydrogens is 542 g/mol. The maximum absolute atomic E-state index is 13.3. The second-order valence-electron chi connectivity index (χ2n) is 12.2. The van der Waals surface area contributed by atoms with Crippen molar-refractivity contribution in [3.05, 3.63) is 40.6 Å². The highest BCUT2D eigenvalue weighted by Crippen LogP contribution is 2.40. The van der Waals surface area contributed by atoms with E-state index in [-0.39, 0.29) is 29.1 Å². The fraction of sp³-hybridized carbons (Fsp3) is 0.600. The lowest BCUT2D eigenvalue weighted by atomic mass is 9.88. The molecule has 1 aliphatic carbocycles. The quantitative estimate of drug-likeness (QED) is 0.404. The molecule has 4 rings (SSSR count). The SMILES string of the molecule is CC(=O)N1CCN(C(=O)c2cc(CSc3cnc(NC(=O)C4CC4CNC(C)C(C)(C)C)s3)cc(C)c2C)CC1. The van der Waals surface area contributed by atoms with Gasteiger partial charge >= 0.3 is 0 Å². The summed E-state index contributed by atoms with van der Waals surface area (Å²) in [5.74, 6) is 1.29. The van der Waals surface area contributed by atoms with Crippen molar-refractivity contribution >= 4 is 46.0 Å². The number of anilines is 1. The van der Waals surface area contributed by atoms with Gasteiger partial charge in [0.05, 0.1) is 10.4 Å². The van der Waals surface area contributed by atoms with E-state index >= 15 is 0 Å². The number of hydrogen-bond donors (Lipinski definition) is 2. The average Bonchev–Trinajstić information content (AvgIpc) is 3.56. The van der Waals surface area contributed by atoms with Gasteiger partial charge in [0, 0.05) is 56.4 Å². The Morgan fingerprint density at radius 1 is 1.12 bits per heavy atom. The Morgan fingerprint density at radius 3 is 2.45 bits per heavy atom. The molecule has 1 aromatic heterocycles. The minimum atomic E-state index is 0.0277.